The van der Waals surface area contributed by atoms with E-state index >= 15 is 0 Å². The van der Waals surface area contributed by atoms with Crippen molar-refractivity contribution in [2.24, 2.45) is 5.16 Å². The van der Waals surface area contributed by atoms with E-state index in [4.69, 9.17) is 4.84 Å². The van der Waals surface area contributed by atoms with Crippen LogP contribution in [0, 0.1) is 10.1 Å². The molecule has 0 aliphatic rings. The Morgan fingerprint density at radius 3 is 2.03 bits per heavy atom. The zero-order chi connectivity index (χ0) is 20.5. The SMILES string of the molecule is O=C(CO/N=C/c1ccc([N+](=O)[O-])cc1)NC(c1ccccc1)c1ccccc1. The maximum Gasteiger partial charge on any atom is 0.269 e. The number of nitrogens with zero attached hydrogens (tertiary/aromatic N) is 2. The molecule has 0 heterocycles. The molecule has 3 aromatic rings. The minimum atomic E-state index is -0.475. The van der Waals surface area contributed by atoms with Crippen LogP contribution >= 0.6 is 0 Å². The molecule has 1 amide bonds. The minimum absolute atomic E-state index is 0.00434. The number of carbonyl (C=O) groups is 1. The third-order valence-corrected chi connectivity index (χ3v) is 4.15. The van der Waals surface area contributed by atoms with Gasteiger partial charge in [0, 0.05) is 12.1 Å². The van der Waals surface area contributed by atoms with E-state index in [1.807, 2.05) is 60.7 Å². The van der Waals surface area contributed by atoms with Crippen molar-refractivity contribution in [1.82, 2.24) is 5.32 Å². The fraction of sp³-hybridized carbons (Fsp3) is 0.0909. The second kappa shape index (κ2) is 9.80. The first-order chi connectivity index (χ1) is 14.1. The van der Waals surface area contributed by atoms with Crippen LogP contribution in [0.4, 0.5) is 5.69 Å². The first kappa shape index (κ1) is 19.8. The molecule has 0 bridgehead atoms. The molecule has 3 aromatic carbocycles. The third-order valence-electron chi connectivity index (χ3n) is 4.15. The highest BCUT2D eigenvalue weighted by Crippen LogP contribution is 2.21. The summed E-state index contributed by atoms with van der Waals surface area (Å²) in [6.45, 7) is -0.250. The average molecular weight is 389 g/mol. The number of nitrogens with one attached hydrogen (secondary N) is 1. The number of carbonyl (C=O) groups excluding carboxylic acids is 1. The van der Waals surface area contributed by atoms with Crippen LogP contribution < -0.4 is 5.32 Å². The van der Waals surface area contributed by atoms with Crippen LogP contribution in [0.2, 0.25) is 0 Å². The Balaban J connectivity index is 1.58. The molecular formula is C22H19N3O4. The van der Waals surface area contributed by atoms with Gasteiger partial charge in [-0.1, -0.05) is 65.8 Å². The van der Waals surface area contributed by atoms with Gasteiger partial charge in [0.05, 0.1) is 17.2 Å². The fourth-order valence-corrected chi connectivity index (χ4v) is 2.73. The van der Waals surface area contributed by atoms with Crippen molar-refractivity contribution < 1.29 is 14.6 Å². The lowest BCUT2D eigenvalue weighted by Gasteiger charge is -2.19. The normalized spacial score (nSPS) is 10.8. The Bertz CT molecular complexity index is 934. The molecule has 7 nitrogen and oxygen atoms in total. The Morgan fingerprint density at radius 1 is 0.966 bits per heavy atom. The summed E-state index contributed by atoms with van der Waals surface area (Å²) < 4.78 is 0. The average Bonchev–Trinajstić information content (AvgIpc) is 2.76. The third kappa shape index (κ3) is 5.74. The zero-order valence-corrected chi connectivity index (χ0v) is 15.5. The van der Waals surface area contributed by atoms with Gasteiger partial charge in [-0.2, -0.15) is 0 Å². The largest absolute Gasteiger partial charge is 0.386 e. The van der Waals surface area contributed by atoms with Crippen molar-refractivity contribution in [3.63, 3.8) is 0 Å². The van der Waals surface area contributed by atoms with E-state index in [2.05, 4.69) is 10.5 Å². The number of rotatable bonds is 8. The van der Waals surface area contributed by atoms with E-state index in [-0.39, 0.29) is 24.2 Å². The Labute approximate surface area is 167 Å². The topological polar surface area (TPSA) is 93.8 Å². The predicted molar refractivity (Wildman–Crippen MR) is 110 cm³/mol. The summed E-state index contributed by atoms with van der Waals surface area (Å²) in [6.07, 6.45) is 1.39. The van der Waals surface area contributed by atoms with E-state index in [1.54, 1.807) is 12.1 Å². The van der Waals surface area contributed by atoms with Crippen LogP contribution in [-0.2, 0) is 9.63 Å². The van der Waals surface area contributed by atoms with Crippen molar-refractivity contribution in [2.45, 2.75) is 6.04 Å². The molecule has 0 spiro atoms. The molecule has 0 saturated heterocycles. The molecule has 0 radical (unpaired) electrons. The van der Waals surface area contributed by atoms with Crippen molar-refractivity contribution >= 4 is 17.8 Å². The number of benzene rings is 3. The van der Waals surface area contributed by atoms with E-state index < -0.39 is 4.92 Å². The molecule has 3 rings (SSSR count). The molecule has 0 fully saturated rings. The molecule has 0 unspecified atom stereocenters. The number of non-ortho nitro benzene ring substituents is 1. The highest BCUT2D eigenvalue weighted by atomic mass is 16.6. The molecule has 0 saturated carbocycles. The van der Waals surface area contributed by atoms with Gasteiger partial charge < -0.3 is 10.2 Å². The van der Waals surface area contributed by atoms with Crippen LogP contribution in [-0.4, -0.2) is 23.7 Å². The molecule has 7 heteroatoms. The lowest BCUT2D eigenvalue weighted by Crippen LogP contribution is -2.31. The quantitative estimate of drug-likeness (QED) is 0.360. The van der Waals surface area contributed by atoms with Crippen molar-refractivity contribution in [3.8, 4) is 0 Å². The maximum absolute atomic E-state index is 12.3. The van der Waals surface area contributed by atoms with E-state index in [0.29, 0.717) is 5.56 Å². The molecule has 146 valence electrons. The van der Waals surface area contributed by atoms with Gasteiger partial charge in [-0.3, -0.25) is 14.9 Å². The van der Waals surface area contributed by atoms with Crippen LogP contribution in [0.1, 0.15) is 22.7 Å². The standard InChI is InChI=1S/C22H19N3O4/c26-21(16-29-23-15-17-11-13-20(14-12-17)25(27)28)24-22(18-7-3-1-4-8-18)19-9-5-2-6-10-19/h1-15,22H,16H2,(H,24,26)/b23-15+. The lowest BCUT2D eigenvalue weighted by atomic mass is 9.99. The van der Waals surface area contributed by atoms with Crippen LogP contribution in [0.5, 0.6) is 0 Å². The fourth-order valence-electron chi connectivity index (χ4n) is 2.73. The number of oxime groups is 1. The van der Waals surface area contributed by atoms with E-state index in [0.717, 1.165) is 11.1 Å². The van der Waals surface area contributed by atoms with E-state index in [9.17, 15) is 14.9 Å². The minimum Gasteiger partial charge on any atom is -0.386 e. The van der Waals surface area contributed by atoms with Crippen LogP contribution in [0.15, 0.2) is 90.1 Å². The molecule has 0 aliphatic heterocycles. The van der Waals surface area contributed by atoms with Crippen molar-refractivity contribution in [3.05, 3.63) is 112 Å². The highest BCUT2D eigenvalue weighted by molar-refractivity contribution is 5.80. The number of hydrogen-bond acceptors (Lipinski definition) is 5. The smallest absolute Gasteiger partial charge is 0.269 e. The summed E-state index contributed by atoms with van der Waals surface area (Å²) >= 11 is 0. The summed E-state index contributed by atoms with van der Waals surface area (Å²) in [5.41, 5.74) is 2.54. The summed E-state index contributed by atoms with van der Waals surface area (Å²) in [6, 6.07) is 24.9. The van der Waals surface area contributed by atoms with Gasteiger partial charge in [0.15, 0.2) is 6.61 Å². The molecule has 29 heavy (non-hydrogen) atoms. The van der Waals surface area contributed by atoms with Crippen molar-refractivity contribution in [2.75, 3.05) is 6.61 Å². The van der Waals surface area contributed by atoms with Gasteiger partial charge in [-0.25, -0.2) is 0 Å². The molecule has 0 atom stereocenters. The lowest BCUT2D eigenvalue weighted by molar-refractivity contribution is -0.384. The second-order valence-corrected chi connectivity index (χ2v) is 6.18. The van der Waals surface area contributed by atoms with Gasteiger partial charge >= 0.3 is 0 Å². The monoisotopic (exact) mass is 389 g/mol. The number of hydrogen-bond donors (Lipinski definition) is 1. The van der Waals surface area contributed by atoms with Crippen molar-refractivity contribution in [1.29, 1.82) is 0 Å². The van der Waals surface area contributed by atoms with Gasteiger partial charge in [-0.05, 0) is 28.8 Å². The summed E-state index contributed by atoms with van der Waals surface area (Å²) in [5.74, 6) is -0.316. The van der Waals surface area contributed by atoms with Gasteiger partial charge in [0.25, 0.3) is 11.6 Å². The predicted octanol–water partition coefficient (Wildman–Crippen LogP) is 3.85. The molecule has 0 aliphatic carbocycles. The highest BCUT2D eigenvalue weighted by Gasteiger charge is 2.16. The van der Waals surface area contributed by atoms with Gasteiger partial charge in [-0.15, -0.1) is 0 Å². The first-order valence-electron chi connectivity index (χ1n) is 8.92. The summed E-state index contributed by atoms with van der Waals surface area (Å²) in [4.78, 5) is 27.6. The van der Waals surface area contributed by atoms with Gasteiger partial charge in [0.2, 0.25) is 0 Å². The molecule has 1 N–H and O–H groups in total. The zero-order valence-electron chi connectivity index (χ0n) is 15.5. The first-order valence-corrected chi connectivity index (χ1v) is 8.92. The van der Waals surface area contributed by atoms with Crippen LogP contribution in [0.25, 0.3) is 0 Å². The molecular weight excluding hydrogens is 370 g/mol. The Morgan fingerprint density at radius 2 is 1.52 bits per heavy atom. The molecule has 0 aromatic heterocycles. The second-order valence-electron chi connectivity index (χ2n) is 6.18. The Hall–Kier alpha value is -4.00. The van der Waals surface area contributed by atoms with Gasteiger partial charge in [0.1, 0.15) is 0 Å². The maximum atomic E-state index is 12.3. The summed E-state index contributed by atoms with van der Waals surface area (Å²) in [7, 11) is 0. The number of amides is 1. The Kier molecular flexibility index (Phi) is 6.67. The number of nitro groups is 1. The summed E-state index contributed by atoms with van der Waals surface area (Å²) in [5, 5.41) is 17.4. The van der Waals surface area contributed by atoms with Crippen LogP contribution in [0.3, 0.4) is 0 Å². The van der Waals surface area contributed by atoms with E-state index in [1.165, 1.54) is 18.3 Å². The number of nitro benzene ring substituents is 1.